The molecule has 4 nitrogen and oxygen atoms in total. The van der Waals surface area contributed by atoms with Gasteiger partial charge in [0.05, 0.1) is 17.1 Å². The molecule has 2 aromatic rings. The molecule has 0 aliphatic carbocycles. The van der Waals surface area contributed by atoms with Crippen LogP contribution in [-0.2, 0) is 13.6 Å². The molecule has 0 bridgehead atoms. The largest absolute Gasteiger partial charge is 0.481 e. The molecule has 5 heteroatoms. The zero-order valence-corrected chi connectivity index (χ0v) is 14.0. The maximum atomic E-state index is 5.58. The Hall–Kier alpha value is -1.93. The second kappa shape index (κ2) is 6.68. The van der Waals surface area contributed by atoms with Crippen LogP contribution in [0.15, 0.2) is 22.7 Å². The van der Waals surface area contributed by atoms with E-state index in [0.29, 0.717) is 6.54 Å². The molecule has 1 heterocycles. The molecule has 1 aromatic heterocycles. The summed E-state index contributed by atoms with van der Waals surface area (Å²) >= 11 is 3.48. The highest BCUT2D eigenvalue weighted by Crippen LogP contribution is 2.26. The molecular formula is C16H18BrN3O. The fraction of sp³-hybridized carbons (Fsp3) is 0.312. The van der Waals surface area contributed by atoms with Crippen LogP contribution in [0.25, 0.3) is 0 Å². The van der Waals surface area contributed by atoms with Crippen molar-refractivity contribution in [2.75, 3.05) is 11.9 Å². The topological polar surface area (TPSA) is 39.1 Å². The Bertz CT molecular complexity index is 686. The van der Waals surface area contributed by atoms with E-state index in [1.54, 1.807) is 0 Å². The van der Waals surface area contributed by atoms with E-state index in [1.807, 2.05) is 43.8 Å². The summed E-state index contributed by atoms with van der Waals surface area (Å²) in [5.41, 5.74) is 4.19. The maximum absolute atomic E-state index is 5.58. The molecule has 0 saturated heterocycles. The van der Waals surface area contributed by atoms with Crippen LogP contribution in [-0.4, -0.2) is 16.4 Å². The monoisotopic (exact) mass is 347 g/mol. The second-order valence-electron chi connectivity index (χ2n) is 4.77. The quantitative estimate of drug-likeness (QED) is 0.842. The number of terminal acetylenes is 1. The summed E-state index contributed by atoms with van der Waals surface area (Å²) in [7, 11) is 1.94. The maximum Gasteiger partial charge on any atom is 0.148 e. The fourth-order valence-corrected chi connectivity index (χ4v) is 2.57. The first-order valence-electron chi connectivity index (χ1n) is 6.61. The lowest BCUT2D eigenvalue weighted by atomic mass is 10.2. The van der Waals surface area contributed by atoms with Crippen LogP contribution in [0.3, 0.4) is 0 Å². The van der Waals surface area contributed by atoms with Crippen molar-refractivity contribution in [1.29, 1.82) is 0 Å². The zero-order chi connectivity index (χ0) is 15.4. The standard InChI is InChI=1S/C16H18BrN3O/c1-5-8-21-15-7-6-14(17)9-13(15)10-18-16-11(2)19-20(4)12(16)3/h1,6-7,9,18H,8,10H2,2-4H3. The second-order valence-corrected chi connectivity index (χ2v) is 5.68. The summed E-state index contributed by atoms with van der Waals surface area (Å²) in [5.74, 6) is 3.28. The van der Waals surface area contributed by atoms with Gasteiger partial charge in [-0.05, 0) is 32.0 Å². The Morgan fingerprint density at radius 3 is 2.81 bits per heavy atom. The Labute approximate surface area is 133 Å². The smallest absolute Gasteiger partial charge is 0.148 e. The number of aromatic nitrogens is 2. The van der Waals surface area contributed by atoms with Crippen molar-refractivity contribution in [1.82, 2.24) is 9.78 Å². The van der Waals surface area contributed by atoms with E-state index in [2.05, 4.69) is 32.3 Å². The minimum Gasteiger partial charge on any atom is -0.481 e. The summed E-state index contributed by atoms with van der Waals surface area (Å²) in [4.78, 5) is 0. The van der Waals surface area contributed by atoms with E-state index in [0.717, 1.165) is 32.9 Å². The molecule has 0 amide bonds. The van der Waals surface area contributed by atoms with Crippen molar-refractivity contribution < 1.29 is 4.74 Å². The highest BCUT2D eigenvalue weighted by atomic mass is 79.9. The Balaban J connectivity index is 2.19. The molecule has 0 saturated carbocycles. The molecule has 0 fully saturated rings. The van der Waals surface area contributed by atoms with Crippen LogP contribution >= 0.6 is 15.9 Å². The van der Waals surface area contributed by atoms with Gasteiger partial charge in [0.2, 0.25) is 0 Å². The molecule has 0 aliphatic rings. The van der Waals surface area contributed by atoms with Crippen molar-refractivity contribution in [3.63, 3.8) is 0 Å². The number of aryl methyl sites for hydroxylation is 2. The predicted octanol–water partition coefficient (Wildman–Crippen LogP) is 3.42. The van der Waals surface area contributed by atoms with Crippen LogP contribution in [0.1, 0.15) is 17.0 Å². The van der Waals surface area contributed by atoms with Gasteiger partial charge in [0, 0.05) is 23.6 Å². The summed E-state index contributed by atoms with van der Waals surface area (Å²) in [6.07, 6.45) is 5.25. The molecule has 0 spiro atoms. The molecule has 1 N–H and O–H groups in total. The molecular weight excluding hydrogens is 330 g/mol. The van der Waals surface area contributed by atoms with Crippen molar-refractivity contribution >= 4 is 21.6 Å². The summed E-state index contributed by atoms with van der Waals surface area (Å²) < 4.78 is 8.45. The average molecular weight is 348 g/mol. The zero-order valence-electron chi connectivity index (χ0n) is 12.4. The lowest BCUT2D eigenvalue weighted by Gasteiger charge is -2.12. The van der Waals surface area contributed by atoms with Gasteiger partial charge in [-0.2, -0.15) is 5.10 Å². The Morgan fingerprint density at radius 1 is 1.43 bits per heavy atom. The molecule has 0 atom stereocenters. The molecule has 1 aromatic carbocycles. The van der Waals surface area contributed by atoms with E-state index in [-0.39, 0.29) is 6.61 Å². The number of ether oxygens (including phenoxy) is 1. The Morgan fingerprint density at radius 2 is 2.19 bits per heavy atom. The van der Waals surface area contributed by atoms with E-state index in [9.17, 15) is 0 Å². The third-order valence-corrected chi connectivity index (χ3v) is 3.79. The van der Waals surface area contributed by atoms with Gasteiger partial charge >= 0.3 is 0 Å². The van der Waals surface area contributed by atoms with Crippen molar-refractivity contribution in [2.45, 2.75) is 20.4 Å². The van der Waals surface area contributed by atoms with Gasteiger partial charge in [-0.3, -0.25) is 4.68 Å². The number of hydrogen-bond acceptors (Lipinski definition) is 3. The third-order valence-electron chi connectivity index (χ3n) is 3.30. The Kier molecular flexibility index (Phi) is 4.92. The first kappa shape index (κ1) is 15.5. The fourth-order valence-electron chi connectivity index (χ4n) is 2.16. The van der Waals surface area contributed by atoms with Crippen LogP contribution in [0.2, 0.25) is 0 Å². The highest BCUT2D eigenvalue weighted by Gasteiger charge is 2.10. The van der Waals surface area contributed by atoms with Crippen molar-refractivity contribution in [2.24, 2.45) is 7.05 Å². The molecule has 0 radical (unpaired) electrons. The first-order valence-corrected chi connectivity index (χ1v) is 7.41. The number of anilines is 1. The van der Waals surface area contributed by atoms with Crippen LogP contribution in [0, 0.1) is 26.2 Å². The van der Waals surface area contributed by atoms with Gasteiger partial charge in [0.15, 0.2) is 0 Å². The van der Waals surface area contributed by atoms with Gasteiger partial charge in [0.1, 0.15) is 12.4 Å². The molecule has 21 heavy (non-hydrogen) atoms. The van der Waals surface area contributed by atoms with E-state index in [1.165, 1.54) is 0 Å². The summed E-state index contributed by atoms with van der Waals surface area (Å²) in [6, 6.07) is 5.89. The summed E-state index contributed by atoms with van der Waals surface area (Å²) in [5, 5.41) is 7.83. The van der Waals surface area contributed by atoms with Crippen LogP contribution in [0.4, 0.5) is 5.69 Å². The average Bonchev–Trinajstić information content (AvgIpc) is 2.69. The van der Waals surface area contributed by atoms with E-state index in [4.69, 9.17) is 11.2 Å². The van der Waals surface area contributed by atoms with Crippen molar-refractivity contribution in [3.8, 4) is 18.1 Å². The van der Waals surface area contributed by atoms with Gasteiger partial charge in [0.25, 0.3) is 0 Å². The lowest BCUT2D eigenvalue weighted by Crippen LogP contribution is -2.05. The lowest BCUT2D eigenvalue weighted by molar-refractivity contribution is 0.366. The highest BCUT2D eigenvalue weighted by molar-refractivity contribution is 9.10. The number of halogens is 1. The molecule has 0 aliphatic heterocycles. The molecule has 110 valence electrons. The van der Waals surface area contributed by atoms with Crippen LogP contribution < -0.4 is 10.1 Å². The van der Waals surface area contributed by atoms with E-state index < -0.39 is 0 Å². The molecule has 0 unspecified atom stereocenters. The van der Waals surface area contributed by atoms with Gasteiger partial charge < -0.3 is 10.1 Å². The third kappa shape index (κ3) is 3.59. The SMILES string of the molecule is C#CCOc1ccc(Br)cc1CNc1c(C)nn(C)c1C. The minimum absolute atomic E-state index is 0.263. The van der Waals surface area contributed by atoms with Gasteiger partial charge in [-0.1, -0.05) is 21.9 Å². The predicted molar refractivity (Wildman–Crippen MR) is 88.5 cm³/mol. The first-order chi connectivity index (χ1) is 10.0. The van der Waals surface area contributed by atoms with Gasteiger partial charge in [-0.15, -0.1) is 6.42 Å². The van der Waals surface area contributed by atoms with E-state index >= 15 is 0 Å². The van der Waals surface area contributed by atoms with Gasteiger partial charge in [-0.25, -0.2) is 0 Å². The normalized spacial score (nSPS) is 10.2. The number of nitrogens with zero attached hydrogens (tertiary/aromatic N) is 2. The number of benzene rings is 1. The summed E-state index contributed by atoms with van der Waals surface area (Å²) in [6.45, 7) is 4.94. The number of rotatable bonds is 5. The number of hydrogen-bond donors (Lipinski definition) is 1. The number of nitrogens with one attached hydrogen (secondary N) is 1. The van der Waals surface area contributed by atoms with Crippen LogP contribution in [0.5, 0.6) is 5.75 Å². The molecule has 2 rings (SSSR count). The minimum atomic E-state index is 0.263. The van der Waals surface area contributed by atoms with Crippen molar-refractivity contribution in [3.05, 3.63) is 39.6 Å².